The number of carbonyl (C=O) groups is 2. The highest BCUT2D eigenvalue weighted by Gasteiger charge is 2.28. The van der Waals surface area contributed by atoms with Crippen molar-refractivity contribution in [3.05, 3.63) is 59.9 Å². The smallest absolute Gasteiger partial charge is 0.293 e. The third-order valence-electron chi connectivity index (χ3n) is 4.57. The third-order valence-corrected chi connectivity index (χ3v) is 4.74. The number of halogens is 1. The fourth-order valence-electron chi connectivity index (χ4n) is 3.28. The Morgan fingerprint density at radius 2 is 1.89 bits per heavy atom. The zero-order valence-corrected chi connectivity index (χ0v) is 15.8. The minimum absolute atomic E-state index is 0.164. The maximum absolute atomic E-state index is 12.7. The van der Waals surface area contributed by atoms with E-state index in [9.17, 15) is 9.59 Å². The number of hydrogen-bond acceptors (Lipinski definition) is 5. The van der Waals surface area contributed by atoms with Crippen LogP contribution in [0.15, 0.2) is 53.1 Å². The van der Waals surface area contributed by atoms with Crippen molar-refractivity contribution in [3.8, 4) is 28.3 Å². The lowest BCUT2D eigenvalue weighted by molar-refractivity contribution is -0.108. The molecule has 0 radical (unpaired) electrons. The molecule has 2 aromatic heterocycles. The Morgan fingerprint density at radius 1 is 1.14 bits per heavy atom. The Kier molecular flexibility index (Phi) is 4.49. The van der Waals surface area contributed by atoms with Crippen molar-refractivity contribution < 1.29 is 18.8 Å². The summed E-state index contributed by atoms with van der Waals surface area (Å²) < 4.78 is 10.7. The maximum Gasteiger partial charge on any atom is 0.293 e. The van der Waals surface area contributed by atoms with Gasteiger partial charge >= 0.3 is 0 Å². The molecule has 0 saturated heterocycles. The van der Waals surface area contributed by atoms with Crippen LogP contribution in [-0.2, 0) is 4.79 Å². The Bertz CT molecular complexity index is 1210. The van der Waals surface area contributed by atoms with E-state index in [1.807, 2.05) is 30.3 Å². The molecule has 0 spiro atoms. The summed E-state index contributed by atoms with van der Waals surface area (Å²) in [4.78, 5) is 27.7. The Hall–Kier alpha value is -3.38. The van der Waals surface area contributed by atoms with Crippen LogP contribution in [-0.4, -0.2) is 28.3 Å². The van der Waals surface area contributed by atoms with Crippen molar-refractivity contribution in [2.75, 3.05) is 7.11 Å². The molecule has 2 heterocycles. The van der Waals surface area contributed by atoms with Gasteiger partial charge in [-0.3, -0.25) is 9.59 Å². The van der Waals surface area contributed by atoms with E-state index in [1.54, 1.807) is 25.1 Å². The van der Waals surface area contributed by atoms with Gasteiger partial charge in [0.2, 0.25) is 5.78 Å². The number of rotatable bonds is 5. The largest absolute Gasteiger partial charge is 0.497 e. The Balaban J connectivity index is 2.05. The van der Waals surface area contributed by atoms with Gasteiger partial charge in [-0.2, -0.15) is 0 Å². The lowest BCUT2D eigenvalue weighted by Crippen LogP contribution is -2.08. The number of methoxy groups -OCH3 is 1. The van der Waals surface area contributed by atoms with Crippen molar-refractivity contribution in [1.29, 1.82) is 0 Å². The molecule has 0 fully saturated rings. The van der Waals surface area contributed by atoms with Gasteiger partial charge in [-0.25, -0.2) is 0 Å². The minimum Gasteiger partial charge on any atom is -0.497 e. The number of H-pyrrole nitrogens is 1. The molecule has 0 bridgehead atoms. The van der Waals surface area contributed by atoms with Gasteiger partial charge in [0.05, 0.1) is 23.9 Å². The molecule has 4 aromatic rings. The average molecular weight is 395 g/mol. The van der Waals surface area contributed by atoms with Crippen LogP contribution in [0.2, 0.25) is 0 Å². The van der Waals surface area contributed by atoms with Crippen molar-refractivity contribution >= 4 is 33.5 Å². The van der Waals surface area contributed by atoms with Crippen LogP contribution in [0.4, 0.5) is 0 Å². The summed E-state index contributed by atoms with van der Waals surface area (Å²) >= 11 is 5.55. The number of hydrogen-bond donors (Lipinski definition) is 1. The number of aromatic amines is 1. The van der Waals surface area contributed by atoms with Gasteiger partial charge in [-0.1, -0.05) is 35.5 Å². The number of nitrogens with zero attached hydrogens (tertiary/aromatic N) is 1. The number of ether oxygens (including phenoxy) is 1. The zero-order valence-electron chi connectivity index (χ0n) is 15.1. The molecule has 6 nitrogen and oxygen atoms in total. The predicted octanol–water partition coefficient (Wildman–Crippen LogP) is 4.76. The number of aryl methyl sites for hydroxylation is 1. The molecular formula is C21H15ClN2O4. The molecule has 28 heavy (non-hydrogen) atoms. The van der Waals surface area contributed by atoms with E-state index in [0.29, 0.717) is 39.4 Å². The number of carbonyl (C=O) groups excluding carboxylic acids is 2. The molecule has 2 aromatic carbocycles. The molecule has 0 saturated carbocycles. The number of fused-ring (bicyclic) bond motifs is 1. The first kappa shape index (κ1) is 18.0. The van der Waals surface area contributed by atoms with Crippen LogP contribution in [0, 0.1) is 6.92 Å². The molecule has 0 aliphatic rings. The van der Waals surface area contributed by atoms with E-state index < -0.39 is 11.0 Å². The Labute approximate surface area is 165 Å². The molecule has 1 N–H and O–H groups in total. The highest BCUT2D eigenvalue weighted by atomic mass is 35.5. The lowest BCUT2D eigenvalue weighted by atomic mass is 9.98. The number of aromatic nitrogens is 2. The number of nitrogens with one attached hydrogen (secondary N) is 1. The van der Waals surface area contributed by atoms with Crippen LogP contribution >= 0.6 is 11.6 Å². The van der Waals surface area contributed by atoms with Crippen LogP contribution < -0.4 is 4.74 Å². The highest BCUT2D eigenvalue weighted by molar-refractivity contribution is 6.83. The molecule has 0 amide bonds. The van der Waals surface area contributed by atoms with Gasteiger partial charge < -0.3 is 14.2 Å². The quantitative estimate of drug-likeness (QED) is 0.300. The molecule has 0 aliphatic heterocycles. The van der Waals surface area contributed by atoms with E-state index in [4.69, 9.17) is 20.9 Å². The normalized spacial score (nSPS) is 11.0. The number of ketones is 1. The van der Waals surface area contributed by atoms with Crippen molar-refractivity contribution in [2.24, 2.45) is 0 Å². The van der Waals surface area contributed by atoms with Gasteiger partial charge in [0.15, 0.2) is 0 Å². The molecule has 4 rings (SSSR count). The molecule has 0 aliphatic carbocycles. The number of Topliss-reactive ketones (excluding diaryl/α,β-unsaturated/α-hetero) is 1. The van der Waals surface area contributed by atoms with Gasteiger partial charge in [-0.05, 0) is 36.7 Å². The highest BCUT2D eigenvalue weighted by Crippen LogP contribution is 2.39. The topological polar surface area (TPSA) is 85.2 Å². The fourth-order valence-corrected chi connectivity index (χ4v) is 3.37. The molecule has 140 valence electrons. The van der Waals surface area contributed by atoms with Crippen LogP contribution in [0.25, 0.3) is 33.4 Å². The summed E-state index contributed by atoms with van der Waals surface area (Å²) in [5.74, 6) is 0.253. The minimum atomic E-state index is -1.07. The van der Waals surface area contributed by atoms with Crippen molar-refractivity contribution in [3.63, 3.8) is 0 Å². The van der Waals surface area contributed by atoms with Crippen molar-refractivity contribution in [2.45, 2.75) is 6.92 Å². The summed E-state index contributed by atoms with van der Waals surface area (Å²) in [5, 5.41) is 3.63. The second kappa shape index (κ2) is 6.98. The van der Waals surface area contributed by atoms with Crippen molar-refractivity contribution in [1.82, 2.24) is 10.1 Å². The second-order valence-electron chi connectivity index (χ2n) is 6.22. The van der Waals surface area contributed by atoms with Gasteiger partial charge in [0.1, 0.15) is 17.2 Å². The fraction of sp³-hybridized carbons (Fsp3) is 0.0952. The first-order valence-electron chi connectivity index (χ1n) is 8.47. The zero-order chi connectivity index (χ0) is 19.8. The van der Waals surface area contributed by atoms with Gasteiger partial charge in [-0.15, -0.1) is 0 Å². The van der Waals surface area contributed by atoms with Gasteiger partial charge in [0.25, 0.3) is 5.24 Å². The lowest BCUT2D eigenvalue weighted by Gasteiger charge is -2.04. The first-order valence-corrected chi connectivity index (χ1v) is 8.85. The monoisotopic (exact) mass is 394 g/mol. The SMILES string of the molecule is COc1ccc2[nH]c(-c3c(-c4ccccc4)noc3C)c(C(=O)C(=O)Cl)c2c1. The summed E-state index contributed by atoms with van der Waals surface area (Å²) in [6.07, 6.45) is 0. The predicted molar refractivity (Wildman–Crippen MR) is 106 cm³/mol. The van der Waals surface area contributed by atoms with Crippen LogP contribution in [0.1, 0.15) is 16.1 Å². The molecule has 7 heteroatoms. The standard InChI is InChI=1S/C21H15ClN2O4/c1-11-16(18(24-28-11)12-6-4-3-5-7-12)19-17(20(25)21(22)26)14-10-13(27-2)8-9-15(14)23-19/h3-10,23H,1-2H3. The van der Waals surface area contributed by atoms with E-state index >= 15 is 0 Å². The van der Waals surface area contributed by atoms with E-state index in [2.05, 4.69) is 10.1 Å². The summed E-state index contributed by atoms with van der Waals surface area (Å²) in [5.41, 5.74) is 3.24. The average Bonchev–Trinajstić information content (AvgIpc) is 3.27. The maximum atomic E-state index is 12.7. The van der Waals surface area contributed by atoms with Gasteiger partial charge in [0, 0.05) is 16.5 Å². The summed E-state index contributed by atoms with van der Waals surface area (Å²) in [7, 11) is 1.53. The van der Waals surface area contributed by atoms with E-state index in [-0.39, 0.29) is 5.56 Å². The van der Waals surface area contributed by atoms with Crippen LogP contribution in [0.5, 0.6) is 5.75 Å². The van der Waals surface area contributed by atoms with E-state index in [0.717, 1.165) is 5.56 Å². The molecular weight excluding hydrogens is 380 g/mol. The first-order chi connectivity index (χ1) is 13.5. The number of benzene rings is 2. The molecule has 0 atom stereocenters. The van der Waals surface area contributed by atoms with Crippen LogP contribution in [0.3, 0.4) is 0 Å². The second-order valence-corrected chi connectivity index (χ2v) is 6.56. The van der Waals surface area contributed by atoms with E-state index in [1.165, 1.54) is 7.11 Å². The summed E-state index contributed by atoms with van der Waals surface area (Å²) in [6.45, 7) is 1.75. The Morgan fingerprint density at radius 3 is 2.57 bits per heavy atom. The third kappa shape index (κ3) is 2.88. The summed E-state index contributed by atoms with van der Waals surface area (Å²) in [6, 6.07) is 14.7. The molecule has 0 unspecified atom stereocenters.